The zero-order valence-corrected chi connectivity index (χ0v) is 17.3. The van der Waals surface area contributed by atoms with Crippen molar-refractivity contribution >= 4 is 29.3 Å². The van der Waals surface area contributed by atoms with Crippen molar-refractivity contribution in [1.29, 1.82) is 0 Å². The topological polar surface area (TPSA) is 76.0 Å². The van der Waals surface area contributed by atoms with Crippen molar-refractivity contribution in [3.05, 3.63) is 78.1 Å². The molecule has 2 N–H and O–H groups in total. The van der Waals surface area contributed by atoms with Crippen molar-refractivity contribution in [3.63, 3.8) is 0 Å². The molecule has 0 aliphatic carbocycles. The van der Waals surface area contributed by atoms with E-state index < -0.39 is 0 Å². The van der Waals surface area contributed by atoms with Gasteiger partial charge < -0.3 is 15.2 Å². The van der Waals surface area contributed by atoms with Gasteiger partial charge in [0.15, 0.2) is 5.16 Å². The van der Waals surface area contributed by atoms with E-state index in [-0.39, 0.29) is 23.5 Å². The fourth-order valence-corrected chi connectivity index (χ4v) is 3.57. The molecule has 0 bridgehead atoms. The molecule has 0 spiro atoms. The van der Waals surface area contributed by atoms with Gasteiger partial charge in [-0.3, -0.25) is 9.59 Å². The normalized spacial score (nSPS) is 11.7. The minimum Gasteiger partial charge on any atom is -0.351 e. The lowest BCUT2D eigenvalue weighted by molar-refractivity contribution is -0.113. The van der Waals surface area contributed by atoms with Crippen molar-refractivity contribution in [2.24, 2.45) is 7.05 Å². The molecule has 29 heavy (non-hydrogen) atoms. The summed E-state index contributed by atoms with van der Waals surface area (Å²) in [5.41, 5.74) is 2.12. The van der Waals surface area contributed by atoms with Crippen molar-refractivity contribution in [2.45, 2.75) is 18.0 Å². The number of hydrogen-bond donors (Lipinski definition) is 2. The second-order valence-corrected chi connectivity index (χ2v) is 7.67. The predicted octanol–water partition coefficient (Wildman–Crippen LogP) is 3.68. The average molecular weight is 409 g/mol. The number of hydrogen-bond acceptors (Lipinski definition) is 4. The van der Waals surface area contributed by atoms with Crippen LogP contribution in [0.3, 0.4) is 0 Å². The number of amides is 2. The van der Waals surface area contributed by atoms with Crippen LogP contribution in [0, 0.1) is 0 Å². The molecule has 2 amide bonds. The molecule has 0 aliphatic rings. The molecule has 0 fully saturated rings. The summed E-state index contributed by atoms with van der Waals surface area (Å²) in [6.45, 7) is 2.58. The number of rotatable bonds is 8. The number of benzene rings is 2. The molecule has 1 aromatic heterocycles. The highest BCUT2D eigenvalue weighted by molar-refractivity contribution is 7.99. The van der Waals surface area contributed by atoms with Gasteiger partial charge in [0, 0.05) is 26.0 Å². The van der Waals surface area contributed by atoms with Crippen LogP contribution in [0.25, 0.3) is 0 Å². The Bertz CT molecular complexity index is 972. The SMILES string of the molecule is CC(CNC(=O)c1ccccc1NC(=O)CSc1nccn1C)c1ccccc1. The molecule has 2 aromatic carbocycles. The van der Waals surface area contributed by atoms with Crippen LogP contribution in [0.4, 0.5) is 5.69 Å². The van der Waals surface area contributed by atoms with Crippen LogP contribution >= 0.6 is 11.8 Å². The Hall–Kier alpha value is -3.06. The molecule has 1 heterocycles. The number of aromatic nitrogens is 2. The largest absolute Gasteiger partial charge is 0.351 e. The molecule has 0 radical (unpaired) electrons. The molecule has 0 aliphatic heterocycles. The first kappa shape index (κ1) is 20.7. The number of carbonyl (C=O) groups excluding carboxylic acids is 2. The van der Waals surface area contributed by atoms with Crippen molar-refractivity contribution in [2.75, 3.05) is 17.6 Å². The lowest BCUT2D eigenvalue weighted by Crippen LogP contribution is -2.28. The van der Waals surface area contributed by atoms with E-state index in [0.29, 0.717) is 17.8 Å². The van der Waals surface area contributed by atoms with Crippen LogP contribution in [-0.2, 0) is 11.8 Å². The zero-order valence-electron chi connectivity index (χ0n) is 16.5. The molecular weight excluding hydrogens is 384 g/mol. The Morgan fingerprint density at radius 2 is 1.83 bits per heavy atom. The number of nitrogens with one attached hydrogen (secondary N) is 2. The lowest BCUT2D eigenvalue weighted by Gasteiger charge is -2.15. The summed E-state index contributed by atoms with van der Waals surface area (Å²) < 4.78 is 1.85. The highest BCUT2D eigenvalue weighted by Crippen LogP contribution is 2.19. The van der Waals surface area contributed by atoms with Crippen LogP contribution in [0.1, 0.15) is 28.8 Å². The minimum absolute atomic E-state index is 0.184. The van der Waals surface area contributed by atoms with E-state index in [1.807, 2.05) is 48.1 Å². The maximum absolute atomic E-state index is 12.7. The fourth-order valence-electron chi connectivity index (χ4n) is 2.84. The summed E-state index contributed by atoms with van der Waals surface area (Å²) in [5, 5.41) is 6.56. The van der Waals surface area contributed by atoms with E-state index in [2.05, 4.69) is 22.5 Å². The average Bonchev–Trinajstić information content (AvgIpc) is 3.16. The van der Waals surface area contributed by atoms with Gasteiger partial charge in [-0.25, -0.2) is 4.98 Å². The third kappa shape index (κ3) is 5.71. The number of thioether (sulfide) groups is 1. The molecule has 1 unspecified atom stereocenters. The molecule has 7 heteroatoms. The number of para-hydroxylation sites is 1. The van der Waals surface area contributed by atoms with E-state index in [1.54, 1.807) is 30.5 Å². The van der Waals surface area contributed by atoms with Crippen LogP contribution in [0.15, 0.2) is 72.1 Å². The summed E-state index contributed by atoms with van der Waals surface area (Å²) in [6, 6.07) is 17.1. The Kier molecular flexibility index (Phi) is 7.08. The van der Waals surface area contributed by atoms with E-state index >= 15 is 0 Å². The van der Waals surface area contributed by atoms with Gasteiger partial charge in [-0.2, -0.15) is 0 Å². The molecule has 0 saturated heterocycles. The number of carbonyl (C=O) groups is 2. The maximum atomic E-state index is 12.7. The van der Waals surface area contributed by atoms with Crippen molar-refractivity contribution < 1.29 is 9.59 Å². The van der Waals surface area contributed by atoms with Gasteiger partial charge >= 0.3 is 0 Å². The van der Waals surface area contributed by atoms with Gasteiger partial charge in [-0.1, -0.05) is 61.2 Å². The fraction of sp³-hybridized carbons (Fsp3) is 0.227. The third-order valence-electron chi connectivity index (χ3n) is 4.49. The number of imidazole rings is 1. The van der Waals surface area contributed by atoms with E-state index in [0.717, 1.165) is 5.16 Å². The molecule has 1 atom stereocenters. The third-order valence-corrected chi connectivity index (χ3v) is 5.55. The Morgan fingerprint density at radius 3 is 2.55 bits per heavy atom. The smallest absolute Gasteiger partial charge is 0.253 e. The predicted molar refractivity (Wildman–Crippen MR) is 116 cm³/mol. The number of anilines is 1. The summed E-state index contributed by atoms with van der Waals surface area (Å²) >= 11 is 1.35. The van der Waals surface area contributed by atoms with Gasteiger partial charge in [-0.05, 0) is 23.6 Å². The Balaban J connectivity index is 1.58. The second kappa shape index (κ2) is 9.93. The first-order chi connectivity index (χ1) is 14.0. The first-order valence-electron chi connectivity index (χ1n) is 9.36. The highest BCUT2D eigenvalue weighted by Gasteiger charge is 2.15. The Morgan fingerprint density at radius 1 is 1.10 bits per heavy atom. The summed E-state index contributed by atoms with van der Waals surface area (Å²) in [6.07, 6.45) is 3.52. The van der Waals surface area contributed by atoms with Crippen molar-refractivity contribution in [3.8, 4) is 0 Å². The molecule has 150 valence electrons. The zero-order chi connectivity index (χ0) is 20.6. The molecular formula is C22H24N4O2S. The number of nitrogens with zero attached hydrogens (tertiary/aromatic N) is 2. The molecule has 3 rings (SSSR count). The quantitative estimate of drug-likeness (QED) is 0.558. The van der Waals surface area contributed by atoms with Crippen LogP contribution in [-0.4, -0.2) is 33.7 Å². The first-order valence-corrected chi connectivity index (χ1v) is 10.4. The van der Waals surface area contributed by atoms with Gasteiger partial charge in [0.05, 0.1) is 17.0 Å². The minimum atomic E-state index is -0.208. The van der Waals surface area contributed by atoms with E-state index in [9.17, 15) is 9.59 Å². The number of aryl methyl sites for hydroxylation is 1. The summed E-state index contributed by atoms with van der Waals surface area (Å²) in [4.78, 5) is 29.2. The maximum Gasteiger partial charge on any atom is 0.253 e. The molecule has 6 nitrogen and oxygen atoms in total. The van der Waals surface area contributed by atoms with Gasteiger partial charge in [0.25, 0.3) is 5.91 Å². The van der Waals surface area contributed by atoms with Gasteiger partial charge in [0.1, 0.15) is 0 Å². The monoisotopic (exact) mass is 408 g/mol. The van der Waals surface area contributed by atoms with Crippen LogP contribution < -0.4 is 10.6 Å². The van der Waals surface area contributed by atoms with Crippen molar-refractivity contribution in [1.82, 2.24) is 14.9 Å². The highest BCUT2D eigenvalue weighted by atomic mass is 32.2. The van der Waals surface area contributed by atoms with E-state index in [4.69, 9.17) is 0 Å². The summed E-state index contributed by atoms with van der Waals surface area (Å²) in [5.74, 6) is 0.0127. The van der Waals surface area contributed by atoms with Gasteiger partial charge in [-0.15, -0.1) is 0 Å². The second-order valence-electron chi connectivity index (χ2n) is 6.72. The van der Waals surface area contributed by atoms with Crippen LogP contribution in [0.2, 0.25) is 0 Å². The Labute approximate surface area is 174 Å². The molecule has 3 aromatic rings. The molecule has 0 saturated carbocycles. The lowest BCUT2D eigenvalue weighted by atomic mass is 10.0. The summed E-state index contributed by atoms with van der Waals surface area (Å²) in [7, 11) is 1.88. The van der Waals surface area contributed by atoms with Crippen LogP contribution in [0.5, 0.6) is 0 Å². The van der Waals surface area contributed by atoms with Gasteiger partial charge in [0.2, 0.25) is 5.91 Å². The van der Waals surface area contributed by atoms with E-state index in [1.165, 1.54) is 17.3 Å². The standard InChI is InChI=1S/C22H24N4O2S/c1-16(17-8-4-3-5-9-17)14-24-21(28)18-10-6-7-11-19(18)25-20(27)15-29-22-23-12-13-26(22)2/h3-13,16H,14-15H2,1-2H3,(H,24,28)(H,25,27).